The molecule has 62 heavy (non-hydrogen) atoms. The van der Waals surface area contributed by atoms with Gasteiger partial charge in [-0.1, -0.05) is 24.6 Å². The minimum Gasteiger partial charge on any atom is -0.453 e. The molecule has 4 heterocycles. The van der Waals surface area contributed by atoms with Gasteiger partial charge in [-0.3, -0.25) is 4.90 Å². The summed E-state index contributed by atoms with van der Waals surface area (Å²) in [6, 6.07) is 9.76. The molecule has 2 N–H and O–H groups in total. The van der Waals surface area contributed by atoms with Crippen LogP contribution in [0, 0.1) is 23.5 Å². The number of carbonyl (C=O) groups excluding carboxylic acids is 2. The Balaban J connectivity index is 0.983. The maximum absolute atomic E-state index is 16.4. The summed E-state index contributed by atoms with van der Waals surface area (Å²) in [5.41, 5.74) is -1.04. The number of methoxy groups -OCH3 is 1. The van der Waals surface area contributed by atoms with E-state index in [4.69, 9.17) is 9.47 Å². The molecule has 2 aromatic rings. The standard InChI is InChI=1S/C43H59F3N6O8S2/c1-59-41(54)48-38-10-4-9-36(38)43(30-49-16-6-17-49,32-7-3-8-33(44)23-32)31-13-18-50(19-14-31)27-42(46)28-52(29-42)39-12-11-34(24-37(39)45)62(57,58)35-25-51(20-21-60-26-35)40(53)47-15-5-22-61(2,55)56/h3,5,7-8,11-12,22-24,31,35-36,38H,4,6,9-10,13-21,25-30H2,1-2H3,(H,47,53)(H,48,54)/b22-5+/t35-,36-,38-,43?/m0/s1. The van der Waals surface area contributed by atoms with Crippen molar-refractivity contribution in [2.24, 2.45) is 11.8 Å². The Labute approximate surface area is 363 Å². The molecule has 1 aliphatic carbocycles. The van der Waals surface area contributed by atoms with Crippen LogP contribution in [0.25, 0.3) is 0 Å². The van der Waals surface area contributed by atoms with Crippen LogP contribution in [0.2, 0.25) is 0 Å². The highest BCUT2D eigenvalue weighted by molar-refractivity contribution is 7.93. The lowest BCUT2D eigenvalue weighted by Gasteiger charge is -2.54. The topological polar surface area (TPSA) is 158 Å². The Bertz CT molecular complexity index is 2180. The van der Waals surface area contributed by atoms with Crippen LogP contribution in [-0.4, -0.2) is 159 Å². The first-order valence-corrected chi connectivity index (χ1v) is 25.0. The fourth-order valence-corrected chi connectivity index (χ4v) is 12.4. The Morgan fingerprint density at radius 1 is 0.968 bits per heavy atom. The van der Waals surface area contributed by atoms with Gasteiger partial charge in [0, 0.05) is 55.8 Å². The van der Waals surface area contributed by atoms with Gasteiger partial charge < -0.3 is 34.8 Å². The molecule has 19 heteroatoms. The first-order chi connectivity index (χ1) is 29.5. The first kappa shape index (κ1) is 46.1. The molecule has 5 aliphatic rings. The van der Waals surface area contributed by atoms with Crippen LogP contribution < -0.4 is 15.5 Å². The van der Waals surface area contributed by atoms with Crippen LogP contribution in [0.4, 0.5) is 28.4 Å². The van der Waals surface area contributed by atoms with E-state index in [0.717, 1.165) is 81.5 Å². The average molecular weight is 909 g/mol. The van der Waals surface area contributed by atoms with Crippen molar-refractivity contribution in [3.63, 3.8) is 0 Å². The van der Waals surface area contributed by atoms with Gasteiger partial charge in [-0.25, -0.2) is 39.6 Å². The molecule has 4 atom stereocenters. The summed E-state index contributed by atoms with van der Waals surface area (Å²) in [7, 11) is -6.19. The molecular formula is C43H59F3N6O8S2. The Morgan fingerprint density at radius 3 is 2.39 bits per heavy atom. The van der Waals surface area contributed by atoms with E-state index < -0.39 is 53.9 Å². The highest BCUT2D eigenvalue weighted by atomic mass is 32.2. The number of anilines is 1. The number of piperidine rings is 1. The number of alkyl halides is 1. The maximum atomic E-state index is 16.4. The summed E-state index contributed by atoms with van der Waals surface area (Å²) in [4.78, 5) is 32.4. The number of halogens is 3. The monoisotopic (exact) mass is 908 g/mol. The molecule has 2 aromatic carbocycles. The number of benzene rings is 2. The fourth-order valence-electron chi connectivity index (χ4n) is 10.4. The van der Waals surface area contributed by atoms with Gasteiger partial charge in [-0.15, -0.1) is 0 Å². The fraction of sp³-hybridized carbons (Fsp3) is 0.628. The van der Waals surface area contributed by atoms with Crippen LogP contribution in [-0.2, 0) is 34.6 Å². The molecule has 3 amide bonds. The van der Waals surface area contributed by atoms with E-state index in [1.165, 1.54) is 36.3 Å². The quantitative estimate of drug-likeness (QED) is 0.281. The van der Waals surface area contributed by atoms with Crippen molar-refractivity contribution < 1.29 is 49.1 Å². The third kappa shape index (κ3) is 10.4. The zero-order valence-corrected chi connectivity index (χ0v) is 37.1. The Hall–Kier alpha value is -3.91. The number of hydrogen-bond donors (Lipinski definition) is 2. The average Bonchev–Trinajstić information content (AvgIpc) is 3.51. The SMILES string of the molecule is COC(=O)N[C@H]1CCC[C@@H]1C(CN1CCC1)(c1cccc(F)c1)C1CCN(CC2(F)CN(c3ccc(S(=O)(=O)[C@@H]4COCCN(C(=O)NC/C=C/S(C)(=O)=O)C4)cc3F)C2)CC1. The molecule has 7 rings (SSSR count). The summed E-state index contributed by atoms with van der Waals surface area (Å²) in [5, 5.41) is 5.42. The van der Waals surface area contributed by atoms with Gasteiger partial charge in [-0.2, -0.15) is 0 Å². The normalized spacial score (nSPS) is 25.1. The number of sulfone groups is 2. The lowest BCUT2D eigenvalue weighted by Crippen LogP contribution is -2.65. The molecule has 342 valence electrons. The second-order valence-electron chi connectivity index (χ2n) is 17.7. The van der Waals surface area contributed by atoms with Gasteiger partial charge in [-0.05, 0) is 106 Å². The zero-order chi connectivity index (χ0) is 44.3. The third-order valence-corrected chi connectivity index (χ3v) is 16.3. The van der Waals surface area contributed by atoms with Crippen molar-refractivity contribution in [3.8, 4) is 0 Å². The van der Waals surface area contributed by atoms with Crippen molar-refractivity contribution in [1.29, 1.82) is 0 Å². The Morgan fingerprint density at radius 2 is 1.73 bits per heavy atom. The molecule has 0 bridgehead atoms. The van der Waals surface area contributed by atoms with Gasteiger partial charge in [0.25, 0.3) is 0 Å². The van der Waals surface area contributed by atoms with E-state index in [2.05, 4.69) is 20.4 Å². The van der Waals surface area contributed by atoms with Gasteiger partial charge in [0.15, 0.2) is 25.3 Å². The minimum absolute atomic E-state index is 0.0516. The summed E-state index contributed by atoms with van der Waals surface area (Å²) < 4.78 is 108. The maximum Gasteiger partial charge on any atom is 0.407 e. The van der Waals surface area contributed by atoms with Gasteiger partial charge >= 0.3 is 12.1 Å². The lowest BCUT2D eigenvalue weighted by atomic mass is 9.57. The van der Waals surface area contributed by atoms with Crippen molar-refractivity contribution in [1.82, 2.24) is 25.3 Å². The lowest BCUT2D eigenvalue weighted by molar-refractivity contribution is 0.00575. The third-order valence-electron chi connectivity index (χ3n) is 13.5. The molecule has 0 radical (unpaired) electrons. The number of likely N-dealkylation sites (tertiary alicyclic amines) is 2. The number of urea groups is 1. The van der Waals surface area contributed by atoms with E-state index in [0.29, 0.717) is 13.1 Å². The van der Waals surface area contributed by atoms with Crippen molar-refractivity contribution in [2.75, 3.05) is 103 Å². The van der Waals surface area contributed by atoms with Crippen LogP contribution in [0.3, 0.4) is 0 Å². The molecule has 5 fully saturated rings. The van der Waals surface area contributed by atoms with Crippen LogP contribution in [0.1, 0.15) is 44.1 Å². The number of amides is 3. The largest absolute Gasteiger partial charge is 0.453 e. The second kappa shape index (κ2) is 19.1. The second-order valence-corrected chi connectivity index (χ2v) is 21.9. The minimum atomic E-state index is -4.17. The molecule has 4 saturated heterocycles. The Kier molecular flexibility index (Phi) is 14.2. The summed E-state index contributed by atoms with van der Waals surface area (Å²) in [5.74, 6) is -0.910. The highest BCUT2D eigenvalue weighted by Gasteiger charge is 2.54. The first-order valence-electron chi connectivity index (χ1n) is 21.5. The number of carbonyl (C=O) groups is 2. The van der Waals surface area contributed by atoms with Gasteiger partial charge in [0.2, 0.25) is 0 Å². The molecule has 4 aliphatic heterocycles. The predicted octanol–water partition coefficient (Wildman–Crippen LogP) is 4.12. The summed E-state index contributed by atoms with van der Waals surface area (Å²) in [6.07, 6.45) is 7.05. The van der Waals surface area contributed by atoms with E-state index in [9.17, 15) is 26.4 Å². The van der Waals surface area contributed by atoms with Crippen molar-refractivity contribution in [2.45, 2.75) is 65.8 Å². The number of rotatable bonds is 14. The van der Waals surface area contributed by atoms with Gasteiger partial charge in [0.05, 0.1) is 44.0 Å². The van der Waals surface area contributed by atoms with Crippen molar-refractivity contribution in [3.05, 3.63) is 71.1 Å². The number of nitrogens with one attached hydrogen (secondary N) is 2. The summed E-state index contributed by atoms with van der Waals surface area (Å²) >= 11 is 0. The molecule has 14 nitrogen and oxygen atoms in total. The molecule has 1 saturated carbocycles. The molecule has 0 spiro atoms. The highest BCUT2D eigenvalue weighted by Crippen LogP contribution is 2.52. The van der Waals surface area contributed by atoms with E-state index in [1.807, 2.05) is 6.07 Å². The number of alkyl carbamates (subject to hydrolysis) is 1. The van der Waals surface area contributed by atoms with Crippen LogP contribution in [0.15, 0.2) is 58.8 Å². The van der Waals surface area contributed by atoms with Crippen LogP contribution in [0.5, 0.6) is 0 Å². The predicted molar refractivity (Wildman–Crippen MR) is 228 cm³/mol. The summed E-state index contributed by atoms with van der Waals surface area (Å²) in [6.45, 7) is 3.60. The van der Waals surface area contributed by atoms with E-state index in [1.54, 1.807) is 17.0 Å². The molecule has 0 aromatic heterocycles. The number of nitrogens with zero attached hydrogens (tertiary/aromatic N) is 4. The number of hydrogen-bond acceptors (Lipinski definition) is 11. The van der Waals surface area contributed by atoms with Crippen LogP contribution >= 0.6 is 0 Å². The zero-order valence-electron chi connectivity index (χ0n) is 35.4. The van der Waals surface area contributed by atoms with E-state index in [-0.39, 0.29) is 86.8 Å². The molecular weight excluding hydrogens is 850 g/mol. The smallest absolute Gasteiger partial charge is 0.407 e. The molecule has 1 unspecified atom stereocenters. The number of ether oxygens (including phenoxy) is 2. The van der Waals surface area contributed by atoms with Gasteiger partial charge in [0.1, 0.15) is 16.9 Å². The van der Waals surface area contributed by atoms with Crippen molar-refractivity contribution >= 4 is 37.5 Å². The van der Waals surface area contributed by atoms with E-state index >= 15 is 13.2 Å².